The van der Waals surface area contributed by atoms with E-state index in [4.69, 9.17) is 0 Å². The molecule has 94 valence electrons. The highest BCUT2D eigenvalue weighted by Crippen LogP contribution is 2.18. The molecule has 1 unspecified atom stereocenters. The van der Waals surface area contributed by atoms with Crippen LogP contribution in [0.25, 0.3) is 0 Å². The zero-order valence-corrected chi connectivity index (χ0v) is 10.9. The van der Waals surface area contributed by atoms with Gasteiger partial charge in [-0.2, -0.15) is 0 Å². The van der Waals surface area contributed by atoms with Crippen molar-refractivity contribution >= 4 is 11.6 Å². The average molecular weight is 241 g/mol. The number of nitrogens with zero attached hydrogens (tertiary/aromatic N) is 1. The smallest absolute Gasteiger partial charge is 0.128 e. The number of hydrogen-bond donors (Lipinski definition) is 2. The van der Waals surface area contributed by atoms with Crippen molar-refractivity contribution in [1.82, 2.24) is 4.98 Å². The largest absolute Gasteiger partial charge is 0.370 e. The maximum absolute atomic E-state index is 4.51. The summed E-state index contributed by atoms with van der Waals surface area (Å²) in [6, 6.07) is 16.6. The molecule has 1 aromatic heterocycles. The van der Waals surface area contributed by atoms with Gasteiger partial charge in [-0.3, -0.25) is 0 Å². The summed E-state index contributed by atoms with van der Waals surface area (Å²) in [5, 5.41) is 6.62. The SMILES string of the molecule is CCNc1cccc(NC(C)c2ccccc2)n1. The Morgan fingerprint density at radius 1 is 1.00 bits per heavy atom. The first kappa shape index (κ1) is 12.4. The van der Waals surface area contributed by atoms with E-state index in [0.29, 0.717) is 0 Å². The molecular weight excluding hydrogens is 222 g/mol. The van der Waals surface area contributed by atoms with E-state index in [1.54, 1.807) is 0 Å². The molecule has 0 saturated carbocycles. The van der Waals surface area contributed by atoms with Crippen LogP contribution in [0.2, 0.25) is 0 Å². The van der Waals surface area contributed by atoms with Gasteiger partial charge in [-0.05, 0) is 31.5 Å². The highest BCUT2D eigenvalue weighted by Gasteiger charge is 2.05. The van der Waals surface area contributed by atoms with E-state index >= 15 is 0 Å². The molecule has 0 bridgehead atoms. The van der Waals surface area contributed by atoms with Crippen LogP contribution in [0.15, 0.2) is 48.5 Å². The zero-order valence-electron chi connectivity index (χ0n) is 10.9. The van der Waals surface area contributed by atoms with Crippen molar-refractivity contribution in [3.8, 4) is 0 Å². The second-order valence-electron chi connectivity index (χ2n) is 4.22. The normalized spacial score (nSPS) is 11.9. The first-order valence-corrected chi connectivity index (χ1v) is 6.32. The number of rotatable bonds is 5. The van der Waals surface area contributed by atoms with Gasteiger partial charge >= 0.3 is 0 Å². The van der Waals surface area contributed by atoms with Crippen LogP contribution in [0.5, 0.6) is 0 Å². The Morgan fingerprint density at radius 2 is 1.72 bits per heavy atom. The quantitative estimate of drug-likeness (QED) is 0.838. The van der Waals surface area contributed by atoms with E-state index in [1.165, 1.54) is 5.56 Å². The second-order valence-corrected chi connectivity index (χ2v) is 4.22. The minimum Gasteiger partial charge on any atom is -0.370 e. The number of benzene rings is 1. The van der Waals surface area contributed by atoms with Gasteiger partial charge in [0.2, 0.25) is 0 Å². The first-order chi connectivity index (χ1) is 8.79. The van der Waals surface area contributed by atoms with Crippen LogP contribution >= 0.6 is 0 Å². The van der Waals surface area contributed by atoms with Gasteiger partial charge < -0.3 is 10.6 Å². The van der Waals surface area contributed by atoms with E-state index in [9.17, 15) is 0 Å². The molecule has 3 heteroatoms. The Bertz CT molecular complexity index is 482. The Balaban J connectivity index is 2.07. The van der Waals surface area contributed by atoms with Gasteiger partial charge in [-0.1, -0.05) is 36.4 Å². The summed E-state index contributed by atoms with van der Waals surface area (Å²) in [6.45, 7) is 5.08. The van der Waals surface area contributed by atoms with E-state index in [-0.39, 0.29) is 6.04 Å². The Kier molecular flexibility index (Phi) is 4.18. The van der Waals surface area contributed by atoms with Gasteiger partial charge in [0, 0.05) is 12.6 Å². The molecule has 1 heterocycles. The Labute approximate surface area is 108 Å². The molecule has 0 saturated heterocycles. The molecule has 0 fully saturated rings. The monoisotopic (exact) mass is 241 g/mol. The van der Waals surface area contributed by atoms with Crippen LogP contribution in [0.1, 0.15) is 25.5 Å². The van der Waals surface area contributed by atoms with Crippen LogP contribution < -0.4 is 10.6 Å². The van der Waals surface area contributed by atoms with Crippen LogP contribution in [-0.4, -0.2) is 11.5 Å². The fraction of sp³-hybridized carbons (Fsp3) is 0.267. The molecule has 0 radical (unpaired) electrons. The number of aromatic nitrogens is 1. The highest BCUT2D eigenvalue weighted by atomic mass is 15.1. The second kappa shape index (κ2) is 6.05. The highest BCUT2D eigenvalue weighted by molar-refractivity contribution is 5.46. The van der Waals surface area contributed by atoms with Gasteiger partial charge in [0.15, 0.2) is 0 Å². The molecule has 2 N–H and O–H groups in total. The van der Waals surface area contributed by atoms with Crippen LogP contribution in [0.4, 0.5) is 11.6 Å². The lowest BCUT2D eigenvalue weighted by Gasteiger charge is -2.15. The molecule has 1 aromatic carbocycles. The van der Waals surface area contributed by atoms with E-state index in [0.717, 1.165) is 18.2 Å². The average Bonchev–Trinajstić information content (AvgIpc) is 2.40. The van der Waals surface area contributed by atoms with Gasteiger partial charge in [0.1, 0.15) is 11.6 Å². The summed E-state index contributed by atoms with van der Waals surface area (Å²) < 4.78 is 0. The third kappa shape index (κ3) is 3.23. The predicted octanol–water partition coefficient (Wildman–Crippen LogP) is 3.69. The topological polar surface area (TPSA) is 37.0 Å². The van der Waals surface area contributed by atoms with Gasteiger partial charge in [0.05, 0.1) is 0 Å². The standard InChI is InChI=1S/C15H19N3/c1-3-16-14-10-7-11-15(18-14)17-12(2)13-8-5-4-6-9-13/h4-12H,3H2,1-2H3,(H2,16,17,18). The lowest BCUT2D eigenvalue weighted by Crippen LogP contribution is -2.08. The number of pyridine rings is 1. The number of anilines is 2. The van der Waals surface area contributed by atoms with Crippen molar-refractivity contribution in [3.05, 3.63) is 54.1 Å². The third-order valence-electron chi connectivity index (χ3n) is 2.77. The fourth-order valence-electron chi connectivity index (χ4n) is 1.84. The first-order valence-electron chi connectivity index (χ1n) is 6.32. The molecule has 18 heavy (non-hydrogen) atoms. The Morgan fingerprint density at radius 3 is 2.44 bits per heavy atom. The van der Waals surface area contributed by atoms with Gasteiger partial charge in [0.25, 0.3) is 0 Å². The van der Waals surface area contributed by atoms with Crippen molar-refractivity contribution in [2.24, 2.45) is 0 Å². The van der Waals surface area contributed by atoms with Gasteiger partial charge in [-0.25, -0.2) is 4.98 Å². The van der Waals surface area contributed by atoms with Crippen LogP contribution in [0.3, 0.4) is 0 Å². The molecule has 3 nitrogen and oxygen atoms in total. The predicted molar refractivity (Wildman–Crippen MR) is 76.9 cm³/mol. The summed E-state index contributed by atoms with van der Waals surface area (Å²) >= 11 is 0. The fourth-order valence-corrected chi connectivity index (χ4v) is 1.84. The van der Waals surface area contributed by atoms with E-state index in [1.807, 2.05) is 24.3 Å². The summed E-state index contributed by atoms with van der Waals surface area (Å²) in [4.78, 5) is 4.51. The van der Waals surface area contributed by atoms with Crippen molar-refractivity contribution in [3.63, 3.8) is 0 Å². The summed E-state index contributed by atoms with van der Waals surface area (Å²) in [5.74, 6) is 1.80. The molecule has 0 aliphatic rings. The third-order valence-corrected chi connectivity index (χ3v) is 2.77. The maximum atomic E-state index is 4.51. The molecule has 0 aliphatic carbocycles. The molecule has 0 aliphatic heterocycles. The van der Waals surface area contributed by atoms with Crippen LogP contribution in [0, 0.1) is 0 Å². The zero-order chi connectivity index (χ0) is 12.8. The van der Waals surface area contributed by atoms with Crippen molar-refractivity contribution in [2.45, 2.75) is 19.9 Å². The lowest BCUT2D eigenvalue weighted by atomic mass is 10.1. The van der Waals surface area contributed by atoms with Crippen molar-refractivity contribution in [1.29, 1.82) is 0 Å². The van der Waals surface area contributed by atoms with E-state index in [2.05, 4.69) is 53.7 Å². The van der Waals surface area contributed by atoms with Crippen molar-refractivity contribution in [2.75, 3.05) is 17.2 Å². The Hall–Kier alpha value is -2.03. The molecule has 0 spiro atoms. The molecular formula is C15H19N3. The molecule has 2 rings (SSSR count). The summed E-state index contributed by atoms with van der Waals surface area (Å²) in [6.07, 6.45) is 0. The molecule has 2 aromatic rings. The van der Waals surface area contributed by atoms with E-state index < -0.39 is 0 Å². The molecule has 0 amide bonds. The minimum absolute atomic E-state index is 0.246. The summed E-state index contributed by atoms with van der Waals surface area (Å²) in [7, 11) is 0. The molecule has 1 atom stereocenters. The lowest BCUT2D eigenvalue weighted by molar-refractivity contribution is 0.875. The maximum Gasteiger partial charge on any atom is 0.128 e. The number of hydrogen-bond acceptors (Lipinski definition) is 3. The number of nitrogens with one attached hydrogen (secondary N) is 2. The minimum atomic E-state index is 0.246. The van der Waals surface area contributed by atoms with Crippen LogP contribution in [-0.2, 0) is 0 Å². The van der Waals surface area contributed by atoms with Gasteiger partial charge in [-0.15, -0.1) is 0 Å². The van der Waals surface area contributed by atoms with Crippen molar-refractivity contribution < 1.29 is 0 Å². The summed E-state index contributed by atoms with van der Waals surface area (Å²) in [5.41, 5.74) is 1.26.